The van der Waals surface area contributed by atoms with Gasteiger partial charge in [-0.05, 0) is 38.0 Å². The van der Waals surface area contributed by atoms with Crippen molar-refractivity contribution in [2.24, 2.45) is 0 Å². The maximum absolute atomic E-state index is 12.3. The molecule has 1 amide bonds. The standard InChI is InChI=1S/C15H17Cl2N3O2/c1-8-10(9(2)20-19-8)6-7-18-15(21)13-11(16)4-5-12(17)14(13)22-3/h4-5H,6-7H2,1-3H3,(H,18,21)(H,19,20). The number of H-pyrrole nitrogens is 1. The normalized spacial score (nSPS) is 10.6. The van der Waals surface area contributed by atoms with E-state index in [0.717, 1.165) is 17.0 Å². The van der Waals surface area contributed by atoms with Crippen LogP contribution in [-0.2, 0) is 6.42 Å². The van der Waals surface area contributed by atoms with Crippen LogP contribution in [0.25, 0.3) is 0 Å². The molecule has 0 aliphatic heterocycles. The molecule has 0 atom stereocenters. The van der Waals surface area contributed by atoms with Crippen LogP contribution in [0.1, 0.15) is 27.3 Å². The van der Waals surface area contributed by atoms with Crippen LogP contribution in [0, 0.1) is 13.8 Å². The number of carbonyl (C=O) groups is 1. The van der Waals surface area contributed by atoms with Crippen molar-refractivity contribution in [1.29, 1.82) is 0 Å². The molecule has 0 fully saturated rings. The van der Waals surface area contributed by atoms with Crippen molar-refractivity contribution in [3.63, 3.8) is 0 Å². The largest absolute Gasteiger partial charge is 0.494 e. The molecule has 0 radical (unpaired) electrons. The number of benzene rings is 1. The molecule has 0 aliphatic rings. The van der Waals surface area contributed by atoms with Crippen LogP contribution in [0.3, 0.4) is 0 Å². The number of nitrogens with zero attached hydrogens (tertiary/aromatic N) is 1. The second kappa shape index (κ2) is 7.03. The first-order chi connectivity index (χ1) is 10.5. The molecule has 1 aromatic carbocycles. The molecule has 0 saturated carbocycles. The van der Waals surface area contributed by atoms with E-state index in [1.54, 1.807) is 12.1 Å². The number of carbonyl (C=O) groups excluding carboxylic acids is 1. The molecule has 1 heterocycles. The Bertz CT molecular complexity index is 679. The first-order valence-corrected chi connectivity index (χ1v) is 7.52. The number of aromatic amines is 1. The van der Waals surface area contributed by atoms with Gasteiger partial charge >= 0.3 is 0 Å². The monoisotopic (exact) mass is 341 g/mol. The van der Waals surface area contributed by atoms with E-state index in [2.05, 4.69) is 15.5 Å². The minimum absolute atomic E-state index is 0.248. The van der Waals surface area contributed by atoms with Crippen molar-refractivity contribution < 1.29 is 9.53 Å². The molecule has 118 valence electrons. The Labute approximate surface area is 139 Å². The number of hydrogen-bond acceptors (Lipinski definition) is 3. The van der Waals surface area contributed by atoms with Crippen LogP contribution in [0.4, 0.5) is 0 Å². The summed E-state index contributed by atoms with van der Waals surface area (Å²) in [5.41, 5.74) is 3.29. The second-order valence-electron chi connectivity index (χ2n) is 4.86. The van der Waals surface area contributed by atoms with Gasteiger partial charge in [0.1, 0.15) is 5.56 Å². The molecule has 22 heavy (non-hydrogen) atoms. The van der Waals surface area contributed by atoms with E-state index in [9.17, 15) is 4.79 Å². The molecule has 0 bridgehead atoms. The number of ether oxygens (including phenoxy) is 1. The molecule has 0 aliphatic carbocycles. The lowest BCUT2D eigenvalue weighted by Crippen LogP contribution is -2.26. The van der Waals surface area contributed by atoms with Gasteiger partial charge in [0.15, 0.2) is 5.75 Å². The SMILES string of the molecule is COc1c(Cl)ccc(Cl)c1C(=O)NCCc1c(C)n[nH]c1C. The minimum Gasteiger partial charge on any atom is -0.494 e. The Hall–Kier alpha value is -1.72. The number of amides is 1. The third-order valence-electron chi connectivity index (χ3n) is 3.43. The highest BCUT2D eigenvalue weighted by atomic mass is 35.5. The predicted molar refractivity (Wildman–Crippen MR) is 87.1 cm³/mol. The zero-order valence-corrected chi connectivity index (χ0v) is 14.1. The van der Waals surface area contributed by atoms with Gasteiger partial charge in [-0.2, -0.15) is 5.10 Å². The van der Waals surface area contributed by atoms with Crippen molar-refractivity contribution in [3.8, 4) is 5.75 Å². The maximum atomic E-state index is 12.3. The van der Waals surface area contributed by atoms with Gasteiger partial charge in [-0.3, -0.25) is 9.89 Å². The molecule has 5 nitrogen and oxygen atoms in total. The number of hydrogen-bond donors (Lipinski definition) is 2. The van der Waals surface area contributed by atoms with Crippen molar-refractivity contribution >= 4 is 29.1 Å². The molecule has 2 rings (SSSR count). The maximum Gasteiger partial charge on any atom is 0.256 e. The van der Waals surface area contributed by atoms with Crippen LogP contribution in [0.15, 0.2) is 12.1 Å². The van der Waals surface area contributed by atoms with Gasteiger partial charge in [0.25, 0.3) is 5.91 Å². The fraction of sp³-hybridized carbons (Fsp3) is 0.333. The zero-order valence-electron chi connectivity index (χ0n) is 12.6. The van der Waals surface area contributed by atoms with Crippen molar-refractivity contribution in [2.45, 2.75) is 20.3 Å². The lowest BCUT2D eigenvalue weighted by atomic mass is 10.1. The Morgan fingerprint density at radius 2 is 2.00 bits per heavy atom. The second-order valence-corrected chi connectivity index (χ2v) is 5.67. The van der Waals surface area contributed by atoms with Crippen LogP contribution in [0.2, 0.25) is 10.0 Å². The molecule has 2 aromatic rings. The number of nitrogens with one attached hydrogen (secondary N) is 2. The summed E-state index contributed by atoms with van der Waals surface area (Å²) >= 11 is 12.1. The highest BCUT2D eigenvalue weighted by Gasteiger charge is 2.19. The number of methoxy groups -OCH3 is 1. The predicted octanol–water partition coefficient (Wildman–Crippen LogP) is 3.31. The fourth-order valence-corrected chi connectivity index (χ4v) is 2.75. The molecule has 0 saturated heterocycles. The van der Waals surface area contributed by atoms with E-state index in [4.69, 9.17) is 27.9 Å². The molecular formula is C15H17Cl2N3O2. The van der Waals surface area contributed by atoms with Gasteiger partial charge in [-0.15, -0.1) is 0 Å². The van der Waals surface area contributed by atoms with E-state index >= 15 is 0 Å². The number of halogens is 2. The van der Waals surface area contributed by atoms with E-state index in [0.29, 0.717) is 23.0 Å². The molecule has 0 spiro atoms. The summed E-state index contributed by atoms with van der Waals surface area (Å²) in [7, 11) is 1.45. The number of aryl methyl sites for hydroxylation is 2. The van der Waals surface area contributed by atoms with Gasteiger partial charge < -0.3 is 10.1 Å². The molecule has 0 unspecified atom stereocenters. The summed E-state index contributed by atoms with van der Waals surface area (Å²) in [6.45, 7) is 4.34. The van der Waals surface area contributed by atoms with E-state index < -0.39 is 0 Å². The molecule has 1 aromatic heterocycles. The fourth-order valence-electron chi connectivity index (χ4n) is 2.28. The smallest absolute Gasteiger partial charge is 0.256 e. The zero-order chi connectivity index (χ0) is 16.3. The summed E-state index contributed by atoms with van der Waals surface area (Å²) in [6, 6.07) is 3.17. The lowest BCUT2D eigenvalue weighted by molar-refractivity contribution is 0.0951. The van der Waals surface area contributed by atoms with Gasteiger partial charge in [0.05, 0.1) is 22.8 Å². The Morgan fingerprint density at radius 1 is 1.32 bits per heavy atom. The van der Waals surface area contributed by atoms with Crippen molar-refractivity contribution in [3.05, 3.63) is 44.7 Å². The average molecular weight is 342 g/mol. The topological polar surface area (TPSA) is 67.0 Å². The van der Waals surface area contributed by atoms with Crippen LogP contribution in [0.5, 0.6) is 5.75 Å². The highest BCUT2D eigenvalue weighted by molar-refractivity contribution is 6.37. The van der Waals surface area contributed by atoms with E-state index in [1.807, 2.05) is 13.8 Å². The highest BCUT2D eigenvalue weighted by Crippen LogP contribution is 2.33. The first kappa shape index (κ1) is 16.6. The van der Waals surface area contributed by atoms with Crippen LogP contribution in [-0.4, -0.2) is 29.8 Å². The van der Waals surface area contributed by atoms with Crippen LogP contribution >= 0.6 is 23.2 Å². The molecule has 7 heteroatoms. The Kier molecular flexibility index (Phi) is 5.32. The van der Waals surface area contributed by atoms with E-state index in [1.165, 1.54) is 7.11 Å². The summed E-state index contributed by atoms with van der Waals surface area (Å²) in [6.07, 6.45) is 0.681. The third kappa shape index (κ3) is 3.36. The average Bonchev–Trinajstić information content (AvgIpc) is 2.80. The van der Waals surface area contributed by atoms with Crippen molar-refractivity contribution in [2.75, 3.05) is 13.7 Å². The van der Waals surface area contributed by atoms with Gasteiger partial charge in [0.2, 0.25) is 0 Å². The number of aromatic nitrogens is 2. The van der Waals surface area contributed by atoms with Crippen LogP contribution < -0.4 is 10.1 Å². The summed E-state index contributed by atoms with van der Waals surface area (Å²) in [5, 5.41) is 10.5. The van der Waals surface area contributed by atoms with Gasteiger partial charge in [0, 0.05) is 12.2 Å². The Morgan fingerprint density at radius 3 is 2.59 bits per heavy atom. The van der Waals surface area contributed by atoms with Gasteiger partial charge in [-0.25, -0.2) is 0 Å². The lowest BCUT2D eigenvalue weighted by Gasteiger charge is -2.12. The quantitative estimate of drug-likeness (QED) is 0.876. The molecular weight excluding hydrogens is 325 g/mol. The van der Waals surface area contributed by atoms with E-state index in [-0.39, 0.29) is 17.2 Å². The third-order valence-corrected chi connectivity index (χ3v) is 4.04. The van der Waals surface area contributed by atoms with Crippen molar-refractivity contribution in [1.82, 2.24) is 15.5 Å². The Balaban J connectivity index is 2.09. The first-order valence-electron chi connectivity index (χ1n) is 6.76. The minimum atomic E-state index is -0.317. The summed E-state index contributed by atoms with van der Waals surface area (Å²) < 4.78 is 5.18. The molecule has 2 N–H and O–H groups in total. The summed E-state index contributed by atoms with van der Waals surface area (Å²) in [5.74, 6) is -0.0366. The van der Waals surface area contributed by atoms with Gasteiger partial charge in [-0.1, -0.05) is 23.2 Å². The summed E-state index contributed by atoms with van der Waals surface area (Å²) in [4.78, 5) is 12.3. The number of rotatable bonds is 5.